The van der Waals surface area contributed by atoms with E-state index in [4.69, 9.17) is 0 Å². The van der Waals surface area contributed by atoms with E-state index in [1.165, 1.54) is 4.90 Å². The summed E-state index contributed by atoms with van der Waals surface area (Å²) in [6.07, 6.45) is 1.95. The number of carbonyl (C=O) groups is 1. The van der Waals surface area contributed by atoms with Crippen LogP contribution in [0, 0.1) is 13.8 Å². The number of aromatic amines is 1. The van der Waals surface area contributed by atoms with Crippen molar-refractivity contribution in [1.29, 1.82) is 0 Å². The van der Waals surface area contributed by atoms with Crippen LogP contribution in [0.15, 0.2) is 42.6 Å². The van der Waals surface area contributed by atoms with E-state index in [0.717, 1.165) is 48.8 Å². The number of piperazine rings is 1. The summed E-state index contributed by atoms with van der Waals surface area (Å²) >= 11 is 0. The lowest BCUT2D eigenvalue weighted by molar-refractivity contribution is -0.892. The molecule has 0 aliphatic carbocycles. The van der Waals surface area contributed by atoms with E-state index in [-0.39, 0.29) is 5.91 Å². The van der Waals surface area contributed by atoms with Gasteiger partial charge in [-0.3, -0.25) is 9.69 Å². The number of amides is 1. The van der Waals surface area contributed by atoms with Crippen molar-refractivity contribution in [3.05, 3.63) is 53.7 Å². The van der Waals surface area contributed by atoms with Crippen molar-refractivity contribution >= 4 is 17.4 Å². The quantitative estimate of drug-likeness (QED) is 0.858. The summed E-state index contributed by atoms with van der Waals surface area (Å²) in [6, 6.07) is 12.3. The maximum absolute atomic E-state index is 12.3. The summed E-state index contributed by atoms with van der Waals surface area (Å²) in [4.78, 5) is 19.3. The summed E-state index contributed by atoms with van der Waals surface area (Å²) in [5.74, 6) is 1.25. The maximum atomic E-state index is 12.3. The molecule has 126 valence electrons. The number of hydrogen-bond donors (Lipinski definition) is 2. The number of benzene rings is 1. The van der Waals surface area contributed by atoms with Crippen LogP contribution in [0.3, 0.4) is 0 Å². The van der Waals surface area contributed by atoms with Gasteiger partial charge in [0.2, 0.25) is 0 Å². The van der Waals surface area contributed by atoms with Gasteiger partial charge in [0.05, 0.1) is 6.20 Å². The van der Waals surface area contributed by atoms with Crippen LogP contribution >= 0.6 is 0 Å². The molecule has 24 heavy (non-hydrogen) atoms. The highest BCUT2D eigenvalue weighted by atomic mass is 16.2. The van der Waals surface area contributed by atoms with Gasteiger partial charge in [0.1, 0.15) is 26.2 Å². The lowest BCUT2D eigenvalue weighted by Gasteiger charge is -2.27. The highest BCUT2D eigenvalue weighted by Gasteiger charge is 2.27. The fourth-order valence-corrected chi connectivity index (χ4v) is 3.11. The molecule has 1 amide bonds. The first-order chi connectivity index (χ1) is 11.6. The molecule has 0 radical (unpaired) electrons. The minimum atomic E-state index is 0.0958. The highest BCUT2D eigenvalue weighted by Crippen LogP contribution is 2.15. The van der Waals surface area contributed by atoms with Gasteiger partial charge in [0.15, 0.2) is 6.54 Å². The number of nitrogens with zero attached hydrogens (tertiary/aromatic N) is 1. The lowest BCUT2D eigenvalue weighted by Crippen LogP contribution is -3.15. The number of carbonyl (C=O) groups excluding carboxylic acids is 1. The Labute approximate surface area is 143 Å². The number of anilines is 2. The predicted octanol–water partition coefficient (Wildman–Crippen LogP) is 0.461. The molecule has 0 bridgehead atoms. The molecule has 1 aliphatic heterocycles. The molecule has 3 N–H and O–H groups in total. The number of aryl methyl sites for hydroxylation is 2. The molecular weight excluding hydrogens is 300 g/mol. The van der Waals surface area contributed by atoms with E-state index in [9.17, 15) is 4.79 Å². The van der Waals surface area contributed by atoms with Crippen LogP contribution in [0.4, 0.5) is 11.5 Å². The van der Waals surface area contributed by atoms with Crippen molar-refractivity contribution in [2.45, 2.75) is 13.8 Å². The fraction of sp³-hybridized carbons (Fsp3) is 0.368. The number of aromatic nitrogens is 1. The zero-order chi connectivity index (χ0) is 16.9. The Hall–Kier alpha value is -2.40. The molecule has 0 saturated carbocycles. The third-order valence-electron chi connectivity index (χ3n) is 4.58. The van der Waals surface area contributed by atoms with E-state index >= 15 is 0 Å². The monoisotopic (exact) mass is 326 g/mol. The van der Waals surface area contributed by atoms with Crippen LogP contribution in [0.5, 0.6) is 0 Å². The topological polar surface area (TPSA) is 50.9 Å². The predicted molar refractivity (Wildman–Crippen MR) is 95.3 cm³/mol. The van der Waals surface area contributed by atoms with Crippen LogP contribution in [0.25, 0.3) is 0 Å². The lowest BCUT2D eigenvalue weighted by atomic mass is 10.1. The summed E-state index contributed by atoms with van der Waals surface area (Å²) in [6.45, 7) is 8.47. The summed E-state index contributed by atoms with van der Waals surface area (Å²) in [5, 5.41) is 3.06. The van der Waals surface area contributed by atoms with Crippen molar-refractivity contribution in [2.75, 3.05) is 42.9 Å². The van der Waals surface area contributed by atoms with Crippen LogP contribution < -0.4 is 20.1 Å². The van der Waals surface area contributed by atoms with Gasteiger partial charge < -0.3 is 10.2 Å². The smallest absolute Gasteiger partial charge is 0.279 e. The van der Waals surface area contributed by atoms with Crippen molar-refractivity contribution in [3.8, 4) is 0 Å². The molecule has 5 heteroatoms. The first-order valence-corrected chi connectivity index (χ1v) is 8.54. The molecule has 0 atom stereocenters. The highest BCUT2D eigenvalue weighted by molar-refractivity contribution is 5.92. The van der Waals surface area contributed by atoms with Gasteiger partial charge in [-0.1, -0.05) is 18.2 Å². The molecule has 1 saturated heterocycles. The number of H-pyrrole nitrogens is 1. The molecule has 0 unspecified atom stereocenters. The van der Waals surface area contributed by atoms with Crippen molar-refractivity contribution in [1.82, 2.24) is 0 Å². The second-order valence-electron chi connectivity index (χ2n) is 6.53. The second-order valence-corrected chi connectivity index (χ2v) is 6.53. The number of hydrogen-bond acceptors (Lipinski definition) is 2. The zero-order valence-electron chi connectivity index (χ0n) is 14.4. The Kier molecular flexibility index (Phi) is 5.11. The van der Waals surface area contributed by atoms with E-state index in [1.54, 1.807) is 0 Å². The third kappa shape index (κ3) is 4.11. The fourth-order valence-electron chi connectivity index (χ4n) is 3.11. The van der Waals surface area contributed by atoms with Gasteiger partial charge in [0, 0.05) is 11.8 Å². The third-order valence-corrected chi connectivity index (χ3v) is 4.58. The van der Waals surface area contributed by atoms with Crippen LogP contribution in [0.1, 0.15) is 11.1 Å². The number of quaternary nitrogens is 1. The molecule has 1 aromatic carbocycles. The standard InChI is InChI=1S/C19H24N4O/c1-15-6-7-16(2)17(13-15)21-19(24)14-22-9-11-23(12-10-22)18-5-3-4-8-20-18/h3-8,13H,9-12,14H2,1-2H3,(H,21,24)/p+2. The number of pyridine rings is 1. The average Bonchev–Trinajstić information content (AvgIpc) is 2.59. The Morgan fingerprint density at radius 2 is 2.00 bits per heavy atom. The van der Waals surface area contributed by atoms with Crippen LogP contribution in [-0.4, -0.2) is 38.6 Å². The van der Waals surface area contributed by atoms with E-state index in [2.05, 4.69) is 27.3 Å². The molecule has 2 aromatic rings. The number of rotatable bonds is 4. The van der Waals surface area contributed by atoms with Crippen LogP contribution in [0.2, 0.25) is 0 Å². The molecule has 0 spiro atoms. The SMILES string of the molecule is Cc1ccc(C)c(NC(=O)C[NH+]2CCN(c3cccc[nH+]3)CC2)c1. The van der Waals surface area contributed by atoms with Gasteiger partial charge in [-0.2, -0.15) is 0 Å². The first-order valence-electron chi connectivity index (χ1n) is 8.54. The van der Waals surface area contributed by atoms with Gasteiger partial charge in [-0.25, -0.2) is 4.98 Å². The maximum Gasteiger partial charge on any atom is 0.279 e. The van der Waals surface area contributed by atoms with Gasteiger partial charge in [0.25, 0.3) is 11.7 Å². The van der Waals surface area contributed by atoms with Crippen molar-refractivity contribution in [3.63, 3.8) is 0 Å². The largest absolute Gasteiger partial charge is 0.321 e. The van der Waals surface area contributed by atoms with Gasteiger partial charge in [-0.05, 0) is 37.1 Å². The second kappa shape index (κ2) is 7.45. The first kappa shape index (κ1) is 16.5. The molecular formula is C19H26N4O+2. The Morgan fingerprint density at radius 1 is 1.21 bits per heavy atom. The van der Waals surface area contributed by atoms with E-state index in [0.29, 0.717) is 6.54 Å². The molecule has 2 heterocycles. The average molecular weight is 326 g/mol. The minimum absolute atomic E-state index is 0.0958. The molecule has 1 aromatic heterocycles. The molecule has 3 rings (SSSR count). The van der Waals surface area contributed by atoms with Crippen molar-refractivity contribution < 1.29 is 14.7 Å². The summed E-state index contributed by atoms with van der Waals surface area (Å²) in [5.41, 5.74) is 3.20. The number of nitrogens with one attached hydrogen (secondary N) is 3. The molecule has 1 fully saturated rings. The normalized spacial score (nSPS) is 15.3. The molecule has 5 nitrogen and oxygen atoms in total. The van der Waals surface area contributed by atoms with E-state index in [1.807, 2.05) is 44.3 Å². The zero-order valence-corrected chi connectivity index (χ0v) is 14.4. The minimum Gasteiger partial charge on any atom is -0.321 e. The summed E-state index contributed by atoms with van der Waals surface area (Å²) in [7, 11) is 0. The van der Waals surface area contributed by atoms with Crippen molar-refractivity contribution in [2.24, 2.45) is 0 Å². The Bertz CT molecular complexity index is 694. The van der Waals surface area contributed by atoms with Crippen LogP contribution in [-0.2, 0) is 4.79 Å². The van der Waals surface area contributed by atoms with Gasteiger partial charge >= 0.3 is 0 Å². The summed E-state index contributed by atoms with van der Waals surface area (Å²) < 4.78 is 0. The Balaban J connectivity index is 1.51. The Morgan fingerprint density at radius 3 is 2.71 bits per heavy atom. The molecule has 1 aliphatic rings. The van der Waals surface area contributed by atoms with E-state index < -0.39 is 0 Å². The van der Waals surface area contributed by atoms with Gasteiger partial charge in [-0.15, -0.1) is 0 Å².